The van der Waals surface area contributed by atoms with Gasteiger partial charge in [-0.2, -0.15) is 4.99 Å². The van der Waals surface area contributed by atoms with Gasteiger partial charge >= 0.3 is 0 Å². The number of aromatic hydroxyl groups is 1. The van der Waals surface area contributed by atoms with Crippen LogP contribution < -0.4 is 5.32 Å². The molecule has 0 fully saturated rings. The second-order valence-corrected chi connectivity index (χ2v) is 8.25. The molecule has 29 heavy (non-hydrogen) atoms. The molecule has 0 radical (unpaired) electrons. The SMILES string of the molecule is O=C(C[C@@H]1SC(N=Nc2c(O)[nH]c3ccccc23)=NC1=O)Nc1ccc(Br)cc1. The summed E-state index contributed by atoms with van der Waals surface area (Å²) in [4.78, 5) is 31.0. The standard InChI is InChI=1S/C19H14BrN5O3S/c20-10-5-7-11(8-6-10)21-15(26)9-14-17(27)23-19(29-14)25-24-16-12-3-1-2-4-13(12)22-18(16)28/h1-8,14,22,28H,9H2,(H,21,26)/t14-/m0/s1. The largest absolute Gasteiger partial charge is 0.493 e. The van der Waals surface area contributed by atoms with Crippen LogP contribution in [0.3, 0.4) is 0 Å². The predicted octanol–water partition coefficient (Wildman–Crippen LogP) is 4.75. The van der Waals surface area contributed by atoms with E-state index in [0.29, 0.717) is 11.1 Å². The van der Waals surface area contributed by atoms with Crippen molar-refractivity contribution in [3.63, 3.8) is 0 Å². The molecule has 1 aliphatic heterocycles. The van der Waals surface area contributed by atoms with Crippen LogP contribution in [0.2, 0.25) is 0 Å². The van der Waals surface area contributed by atoms with Gasteiger partial charge in [0.05, 0.1) is 5.52 Å². The number of amidine groups is 1. The first kappa shape index (κ1) is 19.3. The van der Waals surface area contributed by atoms with Crippen LogP contribution in [-0.2, 0) is 9.59 Å². The van der Waals surface area contributed by atoms with Crippen molar-refractivity contribution in [2.75, 3.05) is 5.32 Å². The molecule has 2 amide bonds. The fourth-order valence-electron chi connectivity index (χ4n) is 2.77. The molecule has 10 heteroatoms. The van der Waals surface area contributed by atoms with Gasteiger partial charge in [-0.05, 0) is 30.3 Å². The minimum absolute atomic E-state index is 0.0274. The van der Waals surface area contributed by atoms with Crippen molar-refractivity contribution in [1.82, 2.24) is 4.98 Å². The number of azo groups is 1. The predicted molar refractivity (Wildman–Crippen MR) is 116 cm³/mol. The summed E-state index contributed by atoms with van der Waals surface area (Å²) in [6, 6.07) is 14.4. The van der Waals surface area contributed by atoms with Crippen molar-refractivity contribution >= 4 is 67.0 Å². The molecule has 3 N–H and O–H groups in total. The highest BCUT2D eigenvalue weighted by molar-refractivity contribution is 9.10. The molecule has 0 bridgehead atoms. The first-order chi connectivity index (χ1) is 14.0. The van der Waals surface area contributed by atoms with Crippen molar-refractivity contribution in [1.29, 1.82) is 0 Å². The molecule has 0 saturated heterocycles. The average molecular weight is 472 g/mol. The lowest BCUT2D eigenvalue weighted by molar-refractivity contribution is -0.121. The second kappa shape index (κ2) is 8.18. The topological polar surface area (TPSA) is 119 Å². The van der Waals surface area contributed by atoms with Crippen LogP contribution in [0.4, 0.5) is 11.4 Å². The van der Waals surface area contributed by atoms with Crippen molar-refractivity contribution in [3.05, 3.63) is 53.0 Å². The zero-order chi connectivity index (χ0) is 20.4. The van der Waals surface area contributed by atoms with Gasteiger partial charge in [-0.1, -0.05) is 45.9 Å². The van der Waals surface area contributed by atoms with E-state index in [4.69, 9.17) is 0 Å². The Morgan fingerprint density at radius 3 is 2.76 bits per heavy atom. The minimum atomic E-state index is -0.657. The third kappa shape index (κ3) is 4.38. The van der Waals surface area contributed by atoms with E-state index in [-0.39, 0.29) is 29.1 Å². The maximum absolute atomic E-state index is 12.2. The molecule has 1 aromatic heterocycles. The Balaban J connectivity index is 1.40. The number of aromatic amines is 1. The Bertz CT molecular complexity index is 1160. The number of nitrogens with one attached hydrogen (secondary N) is 2. The summed E-state index contributed by atoms with van der Waals surface area (Å²) in [5.74, 6) is -0.839. The van der Waals surface area contributed by atoms with E-state index in [1.165, 1.54) is 0 Å². The van der Waals surface area contributed by atoms with E-state index >= 15 is 0 Å². The van der Waals surface area contributed by atoms with E-state index < -0.39 is 11.2 Å². The maximum Gasteiger partial charge on any atom is 0.262 e. The number of H-pyrrole nitrogens is 1. The van der Waals surface area contributed by atoms with Crippen LogP contribution in [0.1, 0.15) is 6.42 Å². The molecule has 0 saturated carbocycles. The molecule has 2 aromatic carbocycles. The molecule has 0 spiro atoms. The molecule has 2 heterocycles. The number of thioether (sulfide) groups is 1. The molecular formula is C19H14BrN5O3S. The number of benzene rings is 2. The number of aromatic nitrogens is 1. The summed E-state index contributed by atoms with van der Waals surface area (Å²) in [5.41, 5.74) is 1.63. The number of amides is 2. The Hall–Kier alpha value is -2.98. The molecular weight excluding hydrogens is 458 g/mol. The molecule has 1 atom stereocenters. The fourth-order valence-corrected chi connectivity index (χ4v) is 3.90. The number of hydrogen-bond acceptors (Lipinski definition) is 6. The van der Waals surface area contributed by atoms with Gasteiger partial charge in [-0.25, -0.2) is 0 Å². The molecule has 0 aliphatic carbocycles. The van der Waals surface area contributed by atoms with Gasteiger partial charge in [-0.15, -0.1) is 10.2 Å². The van der Waals surface area contributed by atoms with Crippen LogP contribution in [0.5, 0.6) is 5.88 Å². The van der Waals surface area contributed by atoms with Crippen LogP contribution in [0, 0.1) is 0 Å². The quantitative estimate of drug-likeness (QED) is 0.475. The Labute approximate surface area is 177 Å². The zero-order valence-corrected chi connectivity index (χ0v) is 17.2. The zero-order valence-electron chi connectivity index (χ0n) is 14.8. The van der Waals surface area contributed by atoms with E-state index in [2.05, 4.69) is 41.5 Å². The van der Waals surface area contributed by atoms with Gasteiger partial charge in [0, 0.05) is 22.0 Å². The van der Waals surface area contributed by atoms with Crippen LogP contribution in [0.15, 0.2) is 68.2 Å². The summed E-state index contributed by atoms with van der Waals surface area (Å²) >= 11 is 4.40. The number of anilines is 1. The van der Waals surface area contributed by atoms with Crippen LogP contribution in [0.25, 0.3) is 10.9 Å². The Morgan fingerprint density at radius 1 is 1.21 bits per heavy atom. The third-order valence-electron chi connectivity index (χ3n) is 4.12. The van der Waals surface area contributed by atoms with Gasteiger partial charge in [-0.3, -0.25) is 9.59 Å². The number of aliphatic imine (C=N–C) groups is 1. The number of para-hydroxylation sites is 1. The molecule has 1 aliphatic rings. The molecule has 3 aromatic rings. The van der Waals surface area contributed by atoms with Crippen molar-refractivity contribution < 1.29 is 14.7 Å². The van der Waals surface area contributed by atoms with Gasteiger partial charge in [0.25, 0.3) is 5.91 Å². The smallest absolute Gasteiger partial charge is 0.262 e. The lowest BCUT2D eigenvalue weighted by atomic mass is 10.2. The lowest BCUT2D eigenvalue weighted by Gasteiger charge is -2.07. The number of carbonyl (C=O) groups excluding carboxylic acids is 2. The van der Waals surface area contributed by atoms with Gasteiger partial charge < -0.3 is 15.4 Å². The minimum Gasteiger partial charge on any atom is -0.493 e. The van der Waals surface area contributed by atoms with Crippen LogP contribution >= 0.6 is 27.7 Å². The number of halogens is 1. The third-order valence-corrected chi connectivity index (χ3v) is 5.69. The molecule has 0 unspecified atom stereocenters. The summed E-state index contributed by atoms with van der Waals surface area (Å²) in [6.45, 7) is 0. The summed E-state index contributed by atoms with van der Waals surface area (Å²) < 4.78 is 0.904. The van der Waals surface area contributed by atoms with E-state index in [1.54, 1.807) is 24.3 Å². The Kier molecular flexibility index (Phi) is 5.45. The number of carbonyl (C=O) groups is 2. The number of hydrogen-bond donors (Lipinski definition) is 3. The fraction of sp³-hybridized carbons (Fsp3) is 0.105. The lowest BCUT2D eigenvalue weighted by Crippen LogP contribution is -2.21. The Morgan fingerprint density at radius 2 is 1.97 bits per heavy atom. The summed E-state index contributed by atoms with van der Waals surface area (Å²) in [5, 5.41) is 21.0. The normalized spacial score (nSPS) is 16.5. The number of nitrogens with zero attached hydrogens (tertiary/aromatic N) is 3. The van der Waals surface area contributed by atoms with E-state index in [9.17, 15) is 14.7 Å². The van der Waals surface area contributed by atoms with E-state index in [1.807, 2.05) is 24.3 Å². The van der Waals surface area contributed by atoms with Crippen molar-refractivity contribution in [3.8, 4) is 5.88 Å². The van der Waals surface area contributed by atoms with Crippen molar-refractivity contribution in [2.45, 2.75) is 11.7 Å². The average Bonchev–Trinajstić information content (AvgIpc) is 3.20. The highest BCUT2D eigenvalue weighted by Crippen LogP contribution is 2.36. The molecule has 146 valence electrons. The van der Waals surface area contributed by atoms with E-state index in [0.717, 1.165) is 21.8 Å². The monoisotopic (exact) mass is 471 g/mol. The first-order valence-electron chi connectivity index (χ1n) is 8.55. The highest BCUT2D eigenvalue weighted by Gasteiger charge is 2.31. The maximum atomic E-state index is 12.2. The summed E-state index contributed by atoms with van der Waals surface area (Å²) in [7, 11) is 0. The summed E-state index contributed by atoms with van der Waals surface area (Å²) in [6.07, 6.45) is -0.0274. The number of fused-ring (bicyclic) bond motifs is 1. The van der Waals surface area contributed by atoms with Gasteiger partial charge in [0.2, 0.25) is 17.0 Å². The van der Waals surface area contributed by atoms with Crippen LogP contribution in [-0.4, -0.2) is 32.3 Å². The van der Waals surface area contributed by atoms with Crippen molar-refractivity contribution in [2.24, 2.45) is 15.2 Å². The first-order valence-corrected chi connectivity index (χ1v) is 10.2. The van der Waals surface area contributed by atoms with Gasteiger partial charge in [0.15, 0.2) is 5.69 Å². The second-order valence-electron chi connectivity index (χ2n) is 6.17. The van der Waals surface area contributed by atoms with Gasteiger partial charge in [0.1, 0.15) is 5.25 Å². The molecule has 8 nitrogen and oxygen atoms in total. The molecule has 4 rings (SSSR count). The highest BCUT2D eigenvalue weighted by atomic mass is 79.9. The number of rotatable bonds is 4.